The zero-order valence-electron chi connectivity index (χ0n) is 14.3. The second kappa shape index (κ2) is 11.5. The molecule has 0 saturated carbocycles. The van der Waals surface area contributed by atoms with E-state index >= 15 is 0 Å². The van der Waals surface area contributed by atoms with Crippen LogP contribution in [0.5, 0.6) is 0 Å². The van der Waals surface area contributed by atoms with Crippen molar-refractivity contribution in [3.8, 4) is 0 Å². The molecule has 0 aliphatic rings. The summed E-state index contributed by atoms with van der Waals surface area (Å²) in [5, 5.41) is 14.1. The molecule has 130 valence electrons. The molecule has 0 amide bonds. The van der Waals surface area contributed by atoms with Crippen LogP contribution < -0.4 is 10.6 Å². The minimum Gasteiger partial charge on any atom is -0.352 e. The minimum atomic E-state index is 0. The third kappa shape index (κ3) is 7.51. The van der Waals surface area contributed by atoms with Gasteiger partial charge in [-0.25, -0.2) is 0 Å². The summed E-state index contributed by atoms with van der Waals surface area (Å²) < 4.78 is 0. The molecular formula is C20H28ClN3. The molecule has 0 unspecified atom stereocenters. The topological polar surface area (TPSA) is 47.9 Å². The number of hydrogen-bond donors (Lipinski definition) is 3. The number of hydrogen-bond acceptors (Lipinski definition) is 1. The number of halogens is 1. The van der Waals surface area contributed by atoms with Crippen molar-refractivity contribution in [1.29, 1.82) is 5.41 Å². The summed E-state index contributed by atoms with van der Waals surface area (Å²) in [5.74, 6) is 0.319. The fraction of sp³-hybridized carbons (Fsp3) is 0.350. The van der Waals surface area contributed by atoms with E-state index < -0.39 is 0 Å². The van der Waals surface area contributed by atoms with Crippen molar-refractivity contribution < 1.29 is 0 Å². The van der Waals surface area contributed by atoms with E-state index in [0.717, 1.165) is 5.69 Å². The van der Waals surface area contributed by atoms with Gasteiger partial charge in [0.25, 0.3) is 0 Å². The van der Waals surface area contributed by atoms with Gasteiger partial charge in [0.15, 0.2) is 5.96 Å². The van der Waals surface area contributed by atoms with E-state index in [4.69, 9.17) is 5.41 Å². The molecule has 0 atom stereocenters. The van der Waals surface area contributed by atoms with E-state index in [1.54, 1.807) is 0 Å². The summed E-state index contributed by atoms with van der Waals surface area (Å²) in [4.78, 5) is 0. The number of nitrogens with one attached hydrogen (secondary N) is 3. The van der Waals surface area contributed by atoms with Crippen LogP contribution in [0.2, 0.25) is 0 Å². The van der Waals surface area contributed by atoms with Crippen LogP contribution in [0.25, 0.3) is 0 Å². The van der Waals surface area contributed by atoms with Crippen LogP contribution in [-0.4, -0.2) is 5.96 Å². The molecule has 0 saturated heterocycles. The van der Waals surface area contributed by atoms with Gasteiger partial charge in [-0.1, -0.05) is 68.7 Å². The maximum absolute atomic E-state index is 7.93. The zero-order chi connectivity index (χ0) is 16.3. The monoisotopic (exact) mass is 345 g/mol. The quantitative estimate of drug-likeness (QED) is 0.342. The predicted octanol–water partition coefficient (Wildman–Crippen LogP) is 5.37. The molecule has 0 aromatic heterocycles. The standard InChI is InChI=1S/C20H27N3.ClH/c1-2-3-4-6-9-17-12-14-18(15-13-17)16-22-20(21)23-19-10-7-5-8-11-19;/h5,7-8,10-15H,2-4,6,9,16H2,1H3,(H3,21,22,23);1H. The number of para-hydroxylation sites is 1. The van der Waals surface area contributed by atoms with E-state index in [1.165, 1.54) is 43.2 Å². The third-order valence-corrected chi connectivity index (χ3v) is 3.85. The van der Waals surface area contributed by atoms with Gasteiger partial charge in [-0.05, 0) is 36.1 Å². The Morgan fingerprint density at radius 2 is 1.54 bits per heavy atom. The SMILES string of the molecule is CCCCCCc1ccc(CNC(=N)Nc2ccccc2)cc1.Cl. The van der Waals surface area contributed by atoms with E-state index in [2.05, 4.69) is 41.8 Å². The Bertz CT molecular complexity index is 582. The number of benzene rings is 2. The Kier molecular flexibility index (Phi) is 9.62. The minimum absolute atomic E-state index is 0. The number of anilines is 1. The van der Waals surface area contributed by atoms with Crippen molar-refractivity contribution in [2.75, 3.05) is 5.32 Å². The second-order valence-corrected chi connectivity index (χ2v) is 5.85. The molecule has 0 heterocycles. The molecule has 0 fully saturated rings. The Balaban J connectivity index is 0.00000288. The molecule has 0 aliphatic carbocycles. The van der Waals surface area contributed by atoms with E-state index in [-0.39, 0.29) is 12.4 Å². The van der Waals surface area contributed by atoms with Crippen molar-refractivity contribution in [1.82, 2.24) is 5.32 Å². The summed E-state index contributed by atoms with van der Waals surface area (Å²) >= 11 is 0. The van der Waals surface area contributed by atoms with Crippen LogP contribution >= 0.6 is 12.4 Å². The average Bonchev–Trinajstić information content (AvgIpc) is 2.59. The van der Waals surface area contributed by atoms with Crippen molar-refractivity contribution in [2.45, 2.75) is 45.6 Å². The first-order chi connectivity index (χ1) is 11.3. The lowest BCUT2D eigenvalue weighted by Gasteiger charge is -2.11. The molecule has 2 aromatic carbocycles. The molecular weight excluding hydrogens is 318 g/mol. The molecule has 2 rings (SSSR count). The normalized spacial score (nSPS) is 9.88. The Hall–Kier alpha value is -2.00. The summed E-state index contributed by atoms with van der Waals surface area (Å²) in [6.45, 7) is 2.90. The van der Waals surface area contributed by atoms with E-state index in [0.29, 0.717) is 12.5 Å². The van der Waals surface area contributed by atoms with Crippen LogP contribution in [-0.2, 0) is 13.0 Å². The molecule has 24 heavy (non-hydrogen) atoms. The zero-order valence-corrected chi connectivity index (χ0v) is 15.2. The highest BCUT2D eigenvalue weighted by Crippen LogP contribution is 2.10. The molecule has 3 nitrogen and oxygen atoms in total. The molecule has 3 N–H and O–H groups in total. The van der Waals surface area contributed by atoms with Gasteiger partial charge in [-0.2, -0.15) is 0 Å². The average molecular weight is 346 g/mol. The first-order valence-electron chi connectivity index (χ1n) is 8.50. The van der Waals surface area contributed by atoms with E-state index in [1.807, 2.05) is 30.3 Å². The molecule has 0 bridgehead atoms. The van der Waals surface area contributed by atoms with Gasteiger partial charge in [0, 0.05) is 12.2 Å². The first-order valence-corrected chi connectivity index (χ1v) is 8.50. The predicted molar refractivity (Wildman–Crippen MR) is 106 cm³/mol. The summed E-state index contributed by atoms with van der Waals surface area (Å²) in [5.41, 5.74) is 3.52. The van der Waals surface area contributed by atoms with Crippen molar-refractivity contribution in [3.63, 3.8) is 0 Å². The highest BCUT2D eigenvalue weighted by molar-refractivity contribution is 5.91. The van der Waals surface area contributed by atoms with Gasteiger partial charge in [-0.3, -0.25) is 5.41 Å². The molecule has 0 aliphatic heterocycles. The molecule has 2 aromatic rings. The lowest BCUT2D eigenvalue weighted by Crippen LogP contribution is -2.28. The largest absolute Gasteiger partial charge is 0.352 e. The van der Waals surface area contributed by atoms with Gasteiger partial charge >= 0.3 is 0 Å². The lowest BCUT2D eigenvalue weighted by atomic mass is 10.0. The fourth-order valence-corrected chi connectivity index (χ4v) is 2.48. The van der Waals surface area contributed by atoms with Crippen LogP contribution in [0.3, 0.4) is 0 Å². The lowest BCUT2D eigenvalue weighted by molar-refractivity contribution is 0.667. The van der Waals surface area contributed by atoms with Gasteiger partial charge < -0.3 is 10.6 Å². The number of guanidine groups is 1. The highest BCUT2D eigenvalue weighted by Gasteiger charge is 1.99. The maximum Gasteiger partial charge on any atom is 0.193 e. The van der Waals surface area contributed by atoms with Crippen LogP contribution in [0.4, 0.5) is 5.69 Å². The van der Waals surface area contributed by atoms with Gasteiger partial charge in [0.2, 0.25) is 0 Å². The summed E-state index contributed by atoms with van der Waals surface area (Å²) in [6, 6.07) is 18.5. The van der Waals surface area contributed by atoms with Crippen LogP contribution in [0, 0.1) is 5.41 Å². The van der Waals surface area contributed by atoms with Crippen LogP contribution in [0.15, 0.2) is 54.6 Å². The summed E-state index contributed by atoms with van der Waals surface area (Å²) in [7, 11) is 0. The Labute approximate surface area is 151 Å². The number of unbranched alkanes of at least 4 members (excludes halogenated alkanes) is 3. The third-order valence-electron chi connectivity index (χ3n) is 3.85. The highest BCUT2D eigenvalue weighted by atomic mass is 35.5. The number of rotatable bonds is 8. The Morgan fingerprint density at radius 1 is 0.875 bits per heavy atom. The van der Waals surface area contributed by atoms with Crippen molar-refractivity contribution in [3.05, 3.63) is 65.7 Å². The maximum atomic E-state index is 7.93. The van der Waals surface area contributed by atoms with Gasteiger partial charge in [0.1, 0.15) is 0 Å². The van der Waals surface area contributed by atoms with Crippen molar-refractivity contribution >= 4 is 24.1 Å². The van der Waals surface area contributed by atoms with Crippen LogP contribution in [0.1, 0.15) is 43.7 Å². The van der Waals surface area contributed by atoms with Gasteiger partial charge in [-0.15, -0.1) is 12.4 Å². The Morgan fingerprint density at radius 3 is 2.21 bits per heavy atom. The molecule has 0 radical (unpaired) electrons. The molecule has 0 spiro atoms. The van der Waals surface area contributed by atoms with Crippen molar-refractivity contribution in [2.24, 2.45) is 0 Å². The van der Waals surface area contributed by atoms with Gasteiger partial charge in [0.05, 0.1) is 0 Å². The van der Waals surface area contributed by atoms with E-state index in [9.17, 15) is 0 Å². The molecule has 4 heteroatoms. The second-order valence-electron chi connectivity index (χ2n) is 5.85. The smallest absolute Gasteiger partial charge is 0.193 e. The number of aryl methyl sites for hydroxylation is 1. The fourth-order valence-electron chi connectivity index (χ4n) is 2.48. The summed E-state index contributed by atoms with van der Waals surface area (Å²) in [6.07, 6.45) is 6.38. The first kappa shape index (κ1) is 20.0.